The molecule has 0 aliphatic carbocycles. The smallest absolute Gasteiger partial charge is 0.337 e. The summed E-state index contributed by atoms with van der Waals surface area (Å²) in [5.41, 5.74) is 0.714. The minimum absolute atomic E-state index is 0.220. The first-order chi connectivity index (χ1) is 7.15. The molecule has 0 saturated carbocycles. The molecule has 78 valence electrons. The average Bonchev–Trinajstić information content (AvgIpc) is 2.17. The monoisotopic (exact) mass is 204 g/mol. The van der Waals surface area contributed by atoms with E-state index in [1.165, 1.54) is 6.07 Å². The van der Waals surface area contributed by atoms with E-state index in [-0.39, 0.29) is 5.56 Å². The maximum absolute atomic E-state index is 10.7. The molecule has 1 aromatic heterocycles. The van der Waals surface area contributed by atoms with Crippen LogP contribution in [0.2, 0.25) is 0 Å². The van der Waals surface area contributed by atoms with E-state index in [0.29, 0.717) is 24.5 Å². The number of aromatic carboxylic acids is 1. The van der Waals surface area contributed by atoms with Gasteiger partial charge < -0.3 is 10.4 Å². The second-order valence-electron chi connectivity index (χ2n) is 3.02. The summed E-state index contributed by atoms with van der Waals surface area (Å²) < 4.78 is 0. The molecular weight excluding hydrogens is 192 g/mol. The van der Waals surface area contributed by atoms with Crippen molar-refractivity contribution in [1.29, 1.82) is 0 Å². The van der Waals surface area contributed by atoms with Gasteiger partial charge in [-0.15, -0.1) is 12.3 Å². The fourth-order valence-corrected chi connectivity index (χ4v) is 1.15. The predicted molar refractivity (Wildman–Crippen MR) is 57.9 cm³/mol. The van der Waals surface area contributed by atoms with Gasteiger partial charge in [-0.3, -0.25) is 0 Å². The molecular formula is C11H12N2O2. The molecule has 0 unspecified atom stereocenters. The van der Waals surface area contributed by atoms with E-state index in [2.05, 4.69) is 16.2 Å². The van der Waals surface area contributed by atoms with Gasteiger partial charge in [0.25, 0.3) is 0 Å². The minimum atomic E-state index is -0.963. The molecule has 0 atom stereocenters. The highest BCUT2D eigenvalue weighted by molar-refractivity contribution is 5.89. The van der Waals surface area contributed by atoms with Gasteiger partial charge in [-0.05, 0) is 19.1 Å². The van der Waals surface area contributed by atoms with Crippen LogP contribution in [-0.2, 0) is 0 Å². The Balaban J connectivity index is 2.74. The van der Waals surface area contributed by atoms with Crippen LogP contribution in [-0.4, -0.2) is 22.6 Å². The first-order valence-corrected chi connectivity index (χ1v) is 4.53. The Bertz CT molecular complexity index is 408. The molecule has 0 fully saturated rings. The number of nitrogens with one attached hydrogen (secondary N) is 1. The van der Waals surface area contributed by atoms with Gasteiger partial charge in [-0.1, -0.05) is 0 Å². The molecule has 1 aromatic rings. The highest BCUT2D eigenvalue weighted by atomic mass is 16.4. The predicted octanol–water partition coefficient (Wildman–Crippen LogP) is 1.52. The average molecular weight is 204 g/mol. The minimum Gasteiger partial charge on any atom is -0.478 e. The summed E-state index contributed by atoms with van der Waals surface area (Å²) >= 11 is 0. The van der Waals surface area contributed by atoms with Crippen LogP contribution in [0.15, 0.2) is 12.1 Å². The molecule has 0 saturated heterocycles. The summed E-state index contributed by atoms with van der Waals surface area (Å²) in [6.07, 6.45) is 5.71. The third-order valence-electron chi connectivity index (χ3n) is 1.89. The summed E-state index contributed by atoms with van der Waals surface area (Å²) in [5, 5.41) is 11.8. The zero-order valence-corrected chi connectivity index (χ0v) is 8.45. The number of aromatic nitrogens is 1. The molecule has 0 aliphatic rings. The Morgan fingerprint density at radius 3 is 2.93 bits per heavy atom. The highest BCUT2D eigenvalue weighted by Crippen LogP contribution is 2.10. The van der Waals surface area contributed by atoms with Gasteiger partial charge in [0.05, 0.1) is 11.3 Å². The van der Waals surface area contributed by atoms with Crippen LogP contribution in [0.5, 0.6) is 0 Å². The van der Waals surface area contributed by atoms with Crippen LogP contribution >= 0.6 is 0 Å². The van der Waals surface area contributed by atoms with E-state index in [1.807, 2.05) is 0 Å². The summed E-state index contributed by atoms with van der Waals surface area (Å²) in [6, 6.07) is 3.16. The van der Waals surface area contributed by atoms with Crippen molar-refractivity contribution < 1.29 is 9.90 Å². The number of nitrogens with zero attached hydrogens (tertiary/aromatic N) is 1. The molecule has 15 heavy (non-hydrogen) atoms. The number of aryl methyl sites for hydroxylation is 1. The van der Waals surface area contributed by atoms with E-state index in [0.717, 1.165) is 0 Å². The lowest BCUT2D eigenvalue weighted by Crippen LogP contribution is -2.06. The van der Waals surface area contributed by atoms with Crippen molar-refractivity contribution in [2.45, 2.75) is 13.3 Å². The number of hydrogen-bond acceptors (Lipinski definition) is 3. The number of anilines is 1. The maximum atomic E-state index is 10.7. The van der Waals surface area contributed by atoms with E-state index < -0.39 is 5.97 Å². The fraction of sp³-hybridized carbons (Fsp3) is 0.273. The topological polar surface area (TPSA) is 62.2 Å². The zero-order valence-electron chi connectivity index (χ0n) is 8.45. The normalized spacial score (nSPS) is 9.33. The van der Waals surface area contributed by atoms with Crippen LogP contribution in [0.25, 0.3) is 0 Å². The fourth-order valence-electron chi connectivity index (χ4n) is 1.15. The molecule has 1 rings (SSSR count). The standard InChI is InChI=1S/C11H12N2O2/c1-3-4-7-12-10-6-5-9(11(14)15)8(2)13-10/h1,5-6H,4,7H2,2H3,(H,12,13)(H,14,15). The van der Waals surface area contributed by atoms with E-state index in [1.54, 1.807) is 13.0 Å². The Kier molecular flexibility index (Phi) is 3.69. The van der Waals surface area contributed by atoms with Gasteiger partial charge in [-0.25, -0.2) is 9.78 Å². The number of carbonyl (C=O) groups is 1. The number of pyridine rings is 1. The van der Waals surface area contributed by atoms with E-state index >= 15 is 0 Å². The number of rotatable bonds is 4. The summed E-state index contributed by atoms with van der Waals surface area (Å²) in [6.45, 7) is 2.30. The van der Waals surface area contributed by atoms with Crippen LogP contribution in [0.3, 0.4) is 0 Å². The quantitative estimate of drug-likeness (QED) is 0.576. The Hall–Kier alpha value is -2.02. The molecule has 1 heterocycles. The van der Waals surface area contributed by atoms with Crippen molar-refractivity contribution in [2.75, 3.05) is 11.9 Å². The molecule has 0 amide bonds. The third-order valence-corrected chi connectivity index (χ3v) is 1.89. The Labute approximate surface area is 88.3 Å². The van der Waals surface area contributed by atoms with Crippen LogP contribution in [0.1, 0.15) is 22.5 Å². The molecule has 0 spiro atoms. The van der Waals surface area contributed by atoms with Gasteiger partial charge in [-0.2, -0.15) is 0 Å². The van der Waals surface area contributed by atoms with Crippen molar-refractivity contribution in [1.82, 2.24) is 4.98 Å². The van der Waals surface area contributed by atoms with Gasteiger partial charge in [0.1, 0.15) is 5.82 Å². The summed E-state index contributed by atoms with van der Waals surface area (Å²) in [7, 11) is 0. The van der Waals surface area contributed by atoms with Crippen LogP contribution in [0, 0.1) is 19.3 Å². The van der Waals surface area contributed by atoms with Crippen molar-refractivity contribution in [3.05, 3.63) is 23.4 Å². The zero-order chi connectivity index (χ0) is 11.3. The number of terminal acetylenes is 1. The Morgan fingerprint density at radius 1 is 1.67 bits per heavy atom. The summed E-state index contributed by atoms with van der Waals surface area (Å²) in [5.74, 6) is 2.18. The first-order valence-electron chi connectivity index (χ1n) is 4.53. The molecule has 4 heteroatoms. The van der Waals surface area contributed by atoms with Crippen molar-refractivity contribution in [3.63, 3.8) is 0 Å². The second kappa shape index (κ2) is 5.01. The van der Waals surface area contributed by atoms with Gasteiger partial charge in [0.2, 0.25) is 0 Å². The number of hydrogen-bond donors (Lipinski definition) is 2. The molecule has 2 N–H and O–H groups in total. The van der Waals surface area contributed by atoms with Crippen LogP contribution < -0.4 is 5.32 Å². The van der Waals surface area contributed by atoms with Crippen molar-refractivity contribution in [3.8, 4) is 12.3 Å². The molecule has 4 nitrogen and oxygen atoms in total. The molecule has 0 radical (unpaired) electrons. The molecule has 0 aliphatic heterocycles. The van der Waals surface area contributed by atoms with Gasteiger partial charge >= 0.3 is 5.97 Å². The summed E-state index contributed by atoms with van der Waals surface area (Å²) in [4.78, 5) is 14.8. The first kappa shape index (κ1) is 11.1. The van der Waals surface area contributed by atoms with Gasteiger partial charge in [0, 0.05) is 13.0 Å². The second-order valence-corrected chi connectivity index (χ2v) is 3.02. The number of carboxylic acids is 1. The lowest BCUT2D eigenvalue weighted by molar-refractivity contribution is 0.0695. The van der Waals surface area contributed by atoms with E-state index in [9.17, 15) is 4.79 Å². The molecule has 0 aromatic carbocycles. The van der Waals surface area contributed by atoms with Gasteiger partial charge in [0.15, 0.2) is 0 Å². The van der Waals surface area contributed by atoms with E-state index in [4.69, 9.17) is 11.5 Å². The number of carboxylic acid groups (broad SMARTS) is 1. The Morgan fingerprint density at radius 2 is 2.40 bits per heavy atom. The lowest BCUT2D eigenvalue weighted by atomic mass is 10.2. The maximum Gasteiger partial charge on any atom is 0.337 e. The van der Waals surface area contributed by atoms with Crippen LogP contribution in [0.4, 0.5) is 5.82 Å². The van der Waals surface area contributed by atoms with Crippen molar-refractivity contribution >= 4 is 11.8 Å². The van der Waals surface area contributed by atoms with Crippen molar-refractivity contribution in [2.24, 2.45) is 0 Å². The lowest BCUT2D eigenvalue weighted by Gasteiger charge is -2.05. The largest absolute Gasteiger partial charge is 0.478 e. The highest BCUT2D eigenvalue weighted by Gasteiger charge is 2.07. The molecule has 0 bridgehead atoms. The SMILES string of the molecule is C#CCCNc1ccc(C(=O)O)c(C)n1. The third kappa shape index (κ3) is 2.99.